The second-order valence-corrected chi connectivity index (χ2v) is 5.08. The van der Waals surface area contributed by atoms with E-state index in [1.54, 1.807) is 6.07 Å². The maximum atomic E-state index is 11.6. The number of carboxylic acid groups (broad SMARTS) is 1. The number of amides is 1. The number of carboxylic acids is 1. The van der Waals surface area contributed by atoms with Gasteiger partial charge in [-0.15, -0.1) is 0 Å². The van der Waals surface area contributed by atoms with Crippen LogP contribution < -0.4 is 5.32 Å². The first-order valence-corrected chi connectivity index (χ1v) is 7.10. The van der Waals surface area contributed by atoms with E-state index in [2.05, 4.69) is 5.32 Å². The Bertz CT molecular complexity index is 478. The molecule has 0 fully saturated rings. The smallest absolute Gasteiger partial charge is 0.335 e. The molecule has 0 aromatic heterocycles. The second-order valence-electron chi connectivity index (χ2n) is 3.83. The molecule has 20 heavy (non-hydrogen) atoms. The van der Waals surface area contributed by atoms with E-state index in [-0.39, 0.29) is 18.1 Å². The number of hydrogen-bond donors (Lipinski definition) is 2. The lowest BCUT2D eigenvalue weighted by molar-refractivity contribution is -0.121. The molecule has 1 aromatic carbocycles. The summed E-state index contributed by atoms with van der Waals surface area (Å²) < 4.78 is 10.9. The molecule has 0 saturated heterocycles. The molecule has 6 nitrogen and oxygen atoms in total. The molecular formula is C13H16INO5. The lowest BCUT2D eigenvalue weighted by Crippen LogP contribution is -2.20. The third-order valence-corrected chi connectivity index (χ3v) is 2.86. The van der Waals surface area contributed by atoms with Crippen molar-refractivity contribution in [1.29, 1.82) is 0 Å². The van der Waals surface area contributed by atoms with Gasteiger partial charge in [0.15, 0.2) is 0 Å². The third kappa shape index (κ3) is 6.31. The summed E-state index contributed by atoms with van der Waals surface area (Å²) in [5.41, 5.74) is 0.567. The molecule has 2 N–H and O–H groups in total. The van der Waals surface area contributed by atoms with Crippen LogP contribution in [0, 0.1) is 3.57 Å². The minimum absolute atomic E-state index is 0.0963. The molecule has 0 aliphatic heterocycles. The van der Waals surface area contributed by atoms with Crippen LogP contribution in [0.4, 0.5) is 5.69 Å². The Kier molecular flexibility index (Phi) is 7.48. The Morgan fingerprint density at radius 2 is 1.95 bits per heavy atom. The van der Waals surface area contributed by atoms with Gasteiger partial charge in [0.05, 0.1) is 18.8 Å². The highest BCUT2D eigenvalue weighted by molar-refractivity contribution is 14.1. The van der Waals surface area contributed by atoms with Crippen molar-refractivity contribution in [3.05, 3.63) is 27.3 Å². The maximum absolute atomic E-state index is 11.6. The van der Waals surface area contributed by atoms with Gasteiger partial charge in [-0.2, -0.15) is 0 Å². The molecule has 7 heteroatoms. The molecule has 110 valence electrons. The van der Waals surface area contributed by atoms with Crippen LogP contribution in [0.15, 0.2) is 18.2 Å². The van der Waals surface area contributed by atoms with Crippen LogP contribution in [0.25, 0.3) is 0 Å². The van der Waals surface area contributed by atoms with E-state index >= 15 is 0 Å². The Labute approximate surface area is 130 Å². The van der Waals surface area contributed by atoms with Gasteiger partial charge in [-0.1, -0.05) is 0 Å². The maximum Gasteiger partial charge on any atom is 0.335 e. The van der Waals surface area contributed by atoms with Crippen molar-refractivity contribution in [1.82, 2.24) is 0 Å². The Hall–Kier alpha value is -1.19. The van der Waals surface area contributed by atoms with Gasteiger partial charge in [0.1, 0.15) is 6.61 Å². The molecule has 0 aliphatic carbocycles. The van der Waals surface area contributed by atoms with E-state index < -0.39 is 5.97 Å². The molecule has 0 saturated carbocycles. The molecule has 1 amide bonds. The number of benzene rings is 1. The van der Waals surface area contributed by atoms with Gasteiger partial charge in [0, 0.05) is 15.9 Å². The van der Waals surface area contributed by atoms with Gasteiger partial charge in [-0.25, -0.2) is 4.79 Å². The highest BCUT2D eigenvalue weighted by Crippen LogP contribution is 2.16. The van der Waals surface area contributed by atoms with Gasteiger partial charge in [0.2, 0.25) is 5.91 Å². The van der Waals surface area contributed by atoms with E-state index in [4.69, 9.17) is 14.6 Å². The molecule has 0 bridgehead atoms. The van der Waals surface area contributed by atoms with Crippen LogP contribution in [-0.4, -0.2) is 43.4 Å². The summed E-state index contributed by atoms with van der Waals surface area (Å²) in [6.45, 7) is 3.17. The zero-order chi connectivity index (χ0) is 15.0. The summed E-state index contributed by atoms with van der Waals surface area (Å²) in [5, 5.41) is 11.5. The van der Waals surface area contributed by atoms with Crippen molar-refractivity contribution in [2.45, 2.75) is 6.92 Å². The van der Waals surface area contributed by atoms with E-state index in [1.165, 1.54) is 12.1 Å². The minimum atomic E-state index is -1.04. The fourth-order valence-electron chi connectivity index (χ4n) is 1.41. The quantitative estimate of drug-likeness (QED) is 0.521. The van der Waals surface area contributed by atoms with Crippen LogP contribution in [0.3, 0.4) is 0 Å². The number of rotatable bonds is 8. The van der Waals surface area contributed by atoms with Gasteiger partial charge >= 0.3 is 5.97 Å². The number of halogens is 1. The normalized spacial score (nSPS) is 10.3. The highest BCUT2D eigenvalue weighted by atomic mass is 127. The van der Waals surface area contributed by atoms with Crippen molar-refractivity contribution in [3.8, 4) is 0 Å². The third-order valence-electron chi connectivity index (χ3n) is 2.24. The number of nitrogens with one attached hydrogen (secondary N) is 1. The predicted octanol–water partition coefficient (Wildman–Crippen LogP) is 1.98. The zero-order valence-electron chi connectivity index (χ0n) is 11.0. The summed E-state index contributed by atoms with van der Waals surface area (Å²) in [6, 6.07) is 4.62. The number of ether oxygens (including phenoxy) is 2. The number of hydrogen-bond acceptors (Lipinski definition) is 4. The SMILES string of the molecule is CCOCCOCC(=O)Nc1cc(I)cc(C(=O)O)c1. The molecule has 0 spiro atoms. The molecular weight excluding hydrogens is 377 g/mol. The predicted molar refractivity (Wildman–Crippen MR) is 82.1 cm³/mol. The first-order valence-electron chi connectivity index (χ1n) is 6.02. The Morgan fingerprint density at radius 3 is 2.60 bits per heavy atom. The van der Waals surface area contributed by atoms with Gasteiger partial charge in [-0.05, 0) is 47.7 Å². The minimum Gasteiger partial charge on any atom is -0.478 e. The highest BCUT2D eigenvalue weighted by Gasteiger charge is 2.08. The van der Waals surface area contributed by atoms with Crippen LogP contribution in [-0.2, 0) is 14.3 Å². The fraction of sp³-hybridized carbons (Fsp3) is 0.385. The van der Waals surface area contributed by atoms with E-state index in [1.807, 2.05) is 29.5 Å². The number of anilines is 1. The van der Waals surface area contributed by atoms with Gasteiger partial charge in [-0.3, -0.25) is 4.79 Å². The number of carbonyl (C=O) groups is 2. The summed E-state index contributed by atoms with van der Waals surface area (Å²) in [6.07, 6.45) is 0. The van der Waals surface area contributed by atoms with Gasteiger partial charge < -0.3 is 19.9 Å². The molecule has 0 unspecified atom stereocenters. The van der Waals surface area contributed by atoms with Crippen LogP contribution in [0.5, 0.6) is 0 Å². The number of carbonyl (C=O) groups excluding carboxylic acids is 1. The largest absolute Gasteiger partial charge is 0.478 e. The van der Waals surface area contributed by atoms with Crippen LogP contribution in [0.2, 0.25) is 0 Å². The Morgan fingerprint density at radius 1 is 1.25 bits per heavy atom. The summed E-state index contributed by atoms with van der Waals surface area (Å²) >= 11 is 1.99. The molecule has 0 heterocycles. The lowest BCUT2D eigenvalue weighted by Gasteiger charge is -2.08. The van der Waals surface area contributed by atoms with Gasteiger partial charge in [0.25, 0.3) is 0 Å². The van der Waals surface area contributed by atoms with Crippen molar-refractivity contribution in [2.75, 3.05) is 31.7 Å². The van der Waals surface area contributed by atoms with Crippen LogP contribution in [0.1, 0.15) is 17.3 Å². The summed E-state index contributed by atoms with van der Waals surface area (Å²) in [7, 11) is 0. The summed E-state index contributed by atoms with van der Waals surface area (Å²) in [4.78, 5) is 22.5. The zero-order valence-corrected chi connectivity index (χ0v) is 13.2. The lowest BCUT2D eigenvalue weighted by atomic mass is 10.2. The molecule has 1 aromatic rings. The average Bonchev–Trinajstić information content (AvgIpc) is 2.37. The first kappa shape index (κ1) is 16.9. The van der Waals surface area contributed by atoms with Crippen molar-refractivity contribution in [3.63, 3.8) is 0 Å². The van der Waals surface area contributed by atoms with E-state index in [0.717, 1.165) is 3.57 Å². The fourth-order valence-corrected chi connectivity index (χ4v) is 2.08. The number of aromatic carboxylic acids is 1. The monoisotopic (exact) mass is 393 g/mol. The standard InChI is InChI=1S/C13H16INO5/c1-2-19-3-4-20-8-12(16)15-11-6-9(13(17)18)5-10(14)7-11/h5-7H,2-4,8H2,1H3,(H,15,16)(H,17,18). The van der Waals surface area contributed by atoms with Crippen molar-refractivity contribution >= 4 is 40.2 Å². The van der Waals surface area contributed by atoms with Crippen molar-refractivity contribution < 1.29 is 24.2 Å². The average molecular weight is 393 g/mol. The van der Waals surface area contributed by atoms with Crippen LogP contribution >= 0.6 is 22.6 Å². The Balaban J connectivity index is 2.47. The first-order chi connectivity index (χ1) is 9.52. The second kappa shape index (κ2) is 8.88. The van der Waals surface area contributed by atoms with E-state index in [9.17, 15) is 9.59 Å². The topological polar surface area (TPSA) is 84.9 Å². The van der Waals surface area contributed by atoms with Crippen molar-refractivity contribution in [2.24, 2.45) is 0 Å². The molecule has 0 radical (unpaired) electrons. The molecule has 0 atom stereocenters. The molecule has 0 aliphatic rings. The molecule has 1 rings (SSSR count). The van der Waals surface area contributed by atoms with E-state index in [0.29, 0.717) is 25.5 Å². The summed E-state index contributed by atoms with van der Waals surface area (Å²) in [5.74, 6) is -1.37.